The van der Waals surface area contributed by atoms with Gasteiger partial charge in [0.2, 0.25) is 5.91 Å². The number of thiophene rings is 1. The second kappa shape index (κ2) is 8.87. The number of hydrogen-bond donors (Lipinski definition) is 2. The van der Waals surface area contributed by atoms with E-state index in [0.717, 1.165) is 57.2 Å². The fraction of sp³-hybridized carbons (Fsp3) is 0.259. The lowest BCUT2D eigenvalue weighted by atomic mass is 9.88. The van der Waals surface area contributed by atoms with Gasteiger partial charge in [-0.25, -0.2) is 0 Å². The molecule has 1 aliphatic heterocycles. The molecule has 2 aliphatic rings. The summed E-state index contributed by atoms with van der Waals surface area (Å²) >= 11 is 1.62. The molecule has 1 aromatic heterocycles. The Bertz CT molecular complexity index is 1250. The fourth-order valence-corrected chi connectivity index (χ4v) is 5.58. The van der Waals surface area contributed by atoms with Crippen LogP contribution in [0.3, 0.4) is 0 Å². The molecule has 168 valence electrons. The van der Waals surface area contributed by atoms with Crippen LogP contribution in [0.2, 0.25) is 0 Å². The van der Waals surface area contributed by atoms with E-state index in [2.05, 4.69) is 21.6 Å². The van der Waals surface area contributed by atoms with Gasteiger partial charge in [-0.15, -0.1) is 11.3 Å². The first-order valence-corrected chi connectivity index (χ1v) is 12.2. The zero-order valence-electron chi connectivity index (χ0n) is 18.9. The molecule has 2 heterocycles. The highest BCUT2D eigenvalue weighted by atomic mass is 32.1. The molecule has 2 N–H and O–H groups in total. The largest absolute Gasteiger partial charge is 0.357 e. The third-order valence-corrected chi connectivity index (χ3v) is 7.26. The Labute approximate surface area is 198 Å². The summed E-state index contributed by atoms with van der Waals surface area (Å²) in [7, 11) is 0. The van der Waals surface area contributed by atoms with Gasteiger partial charge >= 0.3 is 0 Å². The maximum Gasteiger partial charge on any atom is 0.243 e. The number of anilines is 3. The number of nitrogens with zero attached hydrogens (tertiary/aromatic N) is 1. The normalized spacial score (nSPS) is 17.7. The van der Waals surface area contributed by atoms with Crippen molar-refractivity contribution in [1.29, 1.82) is 0 Å². The zero-order valence-corrected chi connectivity index (χ0v) is 19.7. The number of Topliss-reactive ketones (excluding diaryl/α,β-unsaturated/α-hetero) is 1. The van der Waals surface area contributed by atoms with Crippen molar-refractivity contribution in [1.82, 2.24) is 0 Å². The van der Waals surface area contributed by atoms with Crippen LogP contribution >= 0.6 is 11.3 Å². The van der Waals surface area contributed by atoms with Gasteiger partial charge in [0.25, 0.3) is 0 Å². The van der Waals surface area contributed by atoms with Crippen LogP contribution in [-0.2, 0) is 9.59 Å². The number of carbonyl (C=O) groups is 2. The molecule has 33 heavy (non-hydrogen) atoms. The lowest BCUT2D eigenvalue weighted by Gasteiger charge is -2.34. The third-order valence-electron chi connectivity index (χ3n) is 6.33. The molecule has 0 fully saturated rings. The number of aryl methyl sites for hydroxylation is 2. The van der Waals surface area contributed by atoms with Crippen LogP contribution < -0.4 is 15.5 Å². The summed E-state index contributed by atoms with van der Waals surface area (Å²) in [5.74, 6) is 0.0576. The van der Waals surface area contributed by atoms with E-state index >= 15 is 0 Å². The summed E-state index contributed by atoms with van der Waals surface area (Å²) in [5.41, 5.74) is 6.57. The van der Waals surface area contributed by atoms with Crippen molar-refractivity contribution in [3.8, 4) is 0 Å². The molecule has 5 rings (SSSR count). The van der Waals surface area contributed by atoms with Gasteiger partial charge in [-0.1, -0.05) is 30.3 Å². The third kappa shape index (κ3) is 4.18. The van der Waals surface area contributed by atoms with E-state index in [1.165, 1.54) is 0 Å². The van der Waals surface area contributed by atoms with Crippen LogP contribution in [0.5, 0.6) is 0 Å². The molecule has 1 aliphatic carbocycles. The minimum Gasteiger partial charge on any atom is -0.357 e. The number of allylic oxidation sites excluding steroid dienone is 1. The second-order valence-corrected chi connectivity index (χ2v) is 9.70. The molecule has 0 saturated carbocycles. The van der Waals surface area contributed by atoms with Gasteiger partial charge in [-0.2, -0.15) is 0 Å². The van der Waals surface area contributed by atoms with Crippen molar-refractivity contribution in [2.75, 3.05) is 22.1 Å². The average Bonchev–Trinajstić information content (AvgIpc) is 3.28. The molecule has 6 heteroatoms. The molecule has 0 saturated heterocycles. The number of amides is 1. The molecule has 0 unspecified atom stereocenters. The minimum absolute atomic E-state index is 0.104. The Hall–Kier alpha value is -3.38. The molecule has 0 bridgehead atoms. The van der Waals surface area contributed by atoms with E-state index in [9.17, 15) is 9.59 Å². The monoisotopic (exact) mass is 457 g/mol. The van der Waals surface area contributed by atoms with Crippen LogP contribution in [0.4, 0.5) is 17.1 Å². The van der Waals surface area contributed by atoms with Crippen molar-refractivity contribution in [3.63, 3.8) is 0 Å². The number of carbonyl (C=O) groups excluding carboxylic acids is 2. The lowest BCUT2D eigenvalue weighted by Crippen LogP contribution is -2.38. The topological polar surface area (TPSA) is 61.4 Å². The Morgan fingerprint density at radius 1 is 1.12 bits per heavy atom. The number of benzene rings is 2. The van der Waals surface area contributed by atoms with Gasteiger partial charge in [0.05, 0.1) is 24.0 Å². The number of hydrogen-bond acceptors (Lipinski definition) is 5. The number of ketones is 1. The zero-order chi connectivity index (χ0) is 22.9. The van der Waals surface area contributed by atoms with Crippen LogP contribution in [0.25, 0.3) is 0 Å². The van der Waals surface area contributed by atoms with Crippen LogP contribution in [-0.4, -0.2) is 18.2 Å². The van der Waals surface area contributed by atoms with Crippen LogP contribution in [0.1, 0.15) is 41.3 Å². The average molecular weight is 458 g/mol. The number of rotatable bonds is 4. The van der Waals surface area contributed by atoms with Crippen molar-refractivity contribution < 1.29 is 9.59 Å². The van der Waals surface area contributed by atoms with Crippen LogP contribution in [0.15, 0.2) is 71.2 Å². The van der Waals surface area contributed by atoms with Crippen molar-refractivity contribution in [2.45, 2.75) is 39.2 Å². The van der Waals surface area contributed by atoms with Gasteiger partial charge in [0.1, 0.15) is 0 Å². The Morgan fingerprint density at radius 2 is 1.97 bits per heavy atom. The maximum absolute atomic E-state index is 13.4. The molecular weight excluding hydrogens is 430 g/mol. The standard InChI is InChI=1S/C27H27N3O2S/c1-17-12-13-18(2)21(15-17)29-25(32)16-30-22-9-4-3-7-19(22)28-20-8-5-10-23(31)26(20)27(30)24-11-6-14-33-24/h3-4,6-7,9,11-15,27-28H,5,8,10,16H2,1-2H3,(H,29,32)/t27-/m0/s1. The summed E-state index contributed by atoms with van der Waals surface area (Å²) in [6.45, 7) is 4.15. The molecule has 1 atom stereocenters. The van der Waals surface area contributed by atoms with E-state index < -0.39 is 0 Å². The second-order valence-electron chi connectivity index (χ2n) is 8.72. The predicted octanol–water partition coefficient (Wildman–Crippen LogP) is 5.98. The Balaban J connectivity index is 1.58. The molecule has 3 aromatic rings. The first kappa shape index (κ1) is 21.5. The summed E-state index contributed by atoms with van der Waals surface area (Å²) in [6, 6.07) is 17.8. The summed E-state index contributed by atoms with van der Waals surface area (Å²) < 4.78 is 0. The molecule has 1 amide bonds. The van der Waals surface area contributed by atoms with Gasteiger partial charge in [-0.3, -0.25) is 9.59 Å². The highest BCUT2D eigenvalue weighted by Crippen LogP contribution is 2.45. The van der Waals surface area contributed by atoms with Gasteiger partial charge in [-0.05, 0) is 67.5 Å². The smallest absolute Gasteiger partial charge is 0.243 e. The van der Waals surface area contributed by atoms with Crippen LogP contribution in [0, 0.1) is 13.8 Å². The molecule has 2 aromatic carbocycles. The Kier molecular flexibility index (Phi) is 5.77. The van der Waals surface area contributed by atoms with Gasteiger partial charge in [0, 0.05) is 28.3 Å². The van der Waals surface area contributed by atoms with E-state index in [-0.39, 0.29) is 24.3 Å². The number of para-hydroxylation sites is 2. The quantitative estimate of drug-likeness (QED) is 0.506. The number of nitrogens with one attached hydrogen (secondary N) is 2. The van der Waals surface area contributed by atoms with E-state index in [4.69, 9.17) is 0 Å². The van der Waals surface area contributed by atoms with Crippen molar-refractivity contribution >= 4 is 40.1 Å². The number of fused-ring (bicyclic) bond motifs is 1. The maximum atomic E-state index is 13.4. The Morgan fingerprint density at radius 3 is 2.79 bits per heavy atom. The van der Waals surface area contributed by atoms with Crippen molar-refractivity contribution in [2.24, 2.45) is 0 Å². The summed E-state index contributed by atoms with van der Waals surface area (Å²) in [6.07, 6.45) is 2.22. The van der Waals surface area contributed by atoms with E-state index in [1.807, 2.05) is 67.8 Å². The summed E-state index contributed by atoms with van der Waals surface area (Å²) in [5, 5.41) is 8.67. The molecule has 0 spiro atoms. The van der Waals surface area contributed by atoms with Gasteiger partial charge < -0.3 is 15.5 Å². The predicted molar refractivity (Wildman–Crippen MR) is 135 cm³/mol. The lowest BCUT2D eigenvalue weighted by molar-refractivity contribution is -0.117. The minimum atomic E-state index is -0.298. The highest BCUT2D eigenvalue weighted by molar-refractivity contribution is 7.10. The first-order valence-electron chi connectivity index (χ1n) is 11.3. The summed E-state index contributed by atoms with van der Waals surface area (Å²) in [4.78, 5) is 29.7. The molecule has 5 nitrogen and oxygen atoms in total. The SMILES string of the molecule is Cc1ccc(C)c(NC(=O)CN2c3ccccc3NC3=C(C(=O)CCC3)[C@@H]2c2cccs2)c1. The van der Waals surface area contributed by atoms with Gasteiger partial charge in [0.15, 0.2) is 5.78 Å². The fourth-order valence-electron chi connectivity index (χ4n) is 4.73. The van der Waals surface area contributed by atoms with E-state index in [0.29, 0.717) is 6.42 Å². The first-order chi connectivity index (χ1) is 16.0. The van der Waals surface area contributed by atoms with Crippen molar-refractivity contribution in [3.05, 3.63) is 87.3 Å². The molecule has 0 radical (unpaired) electrons. The van der Waals surface area contributed by atoms with E-state index in [1.54, 1.807) is 11.3 Å². The highest BCUT2D eigenvalue weighted by Gasteiger charge is 2.37. The molecular formula is C27H27N3O2S.